The van der Waals surface area contributed by atoms with Gasteiger partial charge in [-0.3, -0.25) is 4.79 Å². The summed E-state index contributed by atoms with van der Waals surface area (Å²) in [6, 6.07) is 5.85. The molecule has 3 N–H and O–H groups in total. The normalized spacial score (nSPS) is 11.4. The Labute approximate surface area is 112 Å². The zero-order chi connectivity index (χ0) is 12.7. The minimum Gasteiger partial charge on any atom is -0.508 e. The van der Waals surface area contributed by atoms with Gasteiger partial charge in [-0.15, -0.1) is 12.4 Å². The van der Waals surface area contributed by atoms with Gasteiger partial charge in [0.25, 0.3) is 0 Å². The summed E-state index contributed by atoms with van der Waals surface area (Å²) in [5.74, 6) is -0.264. The first-order chi connectivity index (χ1) is 8.13. The van der Waals surface area contributed by atoms with E-state index in [9.17, 15) is 4.79 Å². The molecule has 5 nitrogen and oxygen atoms in total. The SMILES string of the molecule is COCCOC(=O)[C@@H](N)Cc1ccc(O)cc1.Cl. The number of hydrogen-bond acceptors (Lipinski definition) is 5. The van der Waals surface area contributed by atoms with Gasteiger partial charge in [0, 0.05) is 7.11 Å². The number of hydrogen-bond donors (Lipinski definition) is 2. The van der Waals surface area contributed by atoms with Crippen molar-refractivity contribution >= 4 is 18.4 Å². The van der Waals surface area contributed by atoms with Crippen LogP contribution in [0.2, 0.25) is 0 Å². The molecular weight excluding hydrogens is 258 g/mol. The van der Waals surface area contributed by atoms with Crippen molar-refractivity contribution in [2.75, 3.05) is 20.3 Å². The average molecular weight is 276 g/mol. The molecule has 18 heavy (non-hydrogen) atoms. The topological polar surface area (TPSA) is 81.8 Å². The summed E-state index contributed by atoms with van der Waals surface area (Å²) in [5, 5.41) is 9.11. The zero-order valence-electron chi connectivity index (χ0n) is 10.2. The third kappa shape index (κ3) is 5.86. The van der Waals surface area contributed by atoms with Gasteiger partial charge in [0.15, 0.2) is 0 Å². The van der Waals surface area contributed by atoms with E-state index >= 15 is 0 Å². The predicted octanol–water partition coefficient (Wildman–Crippen LogP) is 0.873. The van der Waals surface area contributed by atoms with Gasteiger partial charge in [0.2, 0.25) is 0 Å². The number of rotatable bonds is 6. The number of phenols is 1. The molecule has 102 valence electrons. The van der Waals surface area contributed by atoms with Crippen LogP contribution < -0.4 is 5.73 Å². The second-order valence-corrected chi connectivity index (χ2v) is 3.64. The molecule has 0 fully saturated rings. The van der Waals surface area contributed by atoms with Crippen molar-refractivity contribution in [3.8, 4) is 5.75 Å². The van der Waals surface area contributed by atoms with Gasteiger partial charge < -0.3 is 20.3 Å². The molecule has 0 spiro atoms. The Kier molecular flexibility index (Phi) is 8.11. The van der Waals surface area contributed by atoms with Crippen molar-refractivity contribution in [2.45, 2.75) is 12.5 Å². The van der Waals surface area contributed by atoms with E-state index in [0.29, 0.717) is 13.0 Å². The van der Waals surface area contributed by atoms with Gasteiger partial charge in [0.1, 0.15) is 18.4 Å². The van der Waals surface area contributed by atoms with E-state index in [2.05, 4.69) is 0 Å². The number of nitrogens with two attached hydrogens (primary N) is 1. The number of methoxy groups -OCH3 is 1. The van der Waals surface area contributed by atoms with Crippen molar-refractivity contribution < 1.29 is 19.4 Å². The van der Waals surface area contributed by atoms with Crippen LogP contribution in [0.4, 0.5) is 0 Å². The lowest BCUT2D eigenvalue weighted by atomic mass is 10.1. The lowest BCUT2D eigenvalue weighted by molar-refractivity contribution is -0.146. The molecule has 1 aromatic rings. The first-order valence-corrected chi connectivity index (χ1v) is 5.32. The molecule has 0 heterocycles. The number of phenolic OH excluding ortho intramolecular Hbond substituents is 1. The maximum absolute atomic E-state index is 11.4. The number of aromatic hydroxyl groups is 1. The van der Waals surface area contributed by atoms with Gasteiger partial charge in [-0.2, -0.15) is 0 Å². The van der Waals surface area contributed by atoms with Crippen LogP contribution in [-0.2, 0) is 20.7 Å². The highest BCUT2D eigenvalue weighted by Gasteiger charge is 2.15. The quantitative estimate of drug-likeness (QED) is 0.595. The fraction of sp³-hybridized carbons (Fsp3) is 0.417. The first kappa shape index (κ1) is 16.7. The molecule has 1 atom stereocenters. The molecule has 0 aliphatic heterocycles. The summed E-state index contributed by atoms with van der Waals surface area (Å²) in [4.78, 5) is 11.4. The van der Waals surface area contributed by atoms with Crippen LogP contribution in [0.5, 0.6) is 5.75 Å². The van der Waals surface area contributed by atoms with Gasteiger partial charge in [-0.1, -0.05) is 12.1 Å². The Bertz CT molecular complexity index is 356. The molecule has 0 radical (unpaired) electrons. The van der Waals surface area contributed by atoms with Gasteiger partial charge >= 0.3 is 5.97 Å². The molecule has 1 rings (SSSR count). The predicted molar refractivity (Wildman–Crippen MR) is 69.9 cm³/mol. The smallest absolute Gasteiger partial charge is 0.323 e. The fourth-order valence-corrected chi connectivity index (χ4v) is 1.30. The van der Waals surface area contributed by atoms with Gasteiger partial charge in [-0.05, 0) is 24.1 Å². The van der Waals surface area contributed by atoms with Crippen molar-refractivity contribution in [3.05, 3.63) is 29.8 Å². The van der Waals surface area contributed by atoms with E-state index in [1.54, 1.807) is 24.3 Å². The molecule has 0 amide bonds. The lowest BCUT2D eigenvalue weighted by Crippen LogP contribution is -2.34. The highest BCUT2D eigenvalue weighted by atomic mass is 35.5. The molecule has 6 heteroatoms. The van der Waals surface area contributed by atoms with E-state index in [0.717, 1.165) is 5.56 Å². The molecule has 0 saturated carbocycles. The highest BCUT2D eigenvalue weighted by Crippen LogP contribution is 2.11. The number of halogens is 1. The minimum atomic E-state index is -0.698. The monoisotopic (exact) mass is 275 g/mol. The Morgan fingerprint density at radius 3 is 2.50 bits per heavy atom. The van der Waals surface area contributed by atoms with Crippen LogP contribution in [0.25, 0.3) is 0 Å². The number of benzene rings is 1. The maximum Gasteiger partial charge on any atom is 0.323 e. The van der Waals surface area contributed by atoms with Crippen LogP contribution in [0.3, 0.4) is 0 Å². The molecular formula is C12H18ClNO4. The summed E-state index contributed by atoms with van der Waals surface area (Å²) in [6.07, 6.45) is 0.381. The first-order valence-electron chi connectivity index (χ1n) is 5.32. The summed E-state index contributed by atoms with van der Waals surface area (Å²) in [6.45, 7) is 0.566. The molecule has 0 saturated heterocycles. The van der Waals surface area contributed by atoms with E-state index in [-0.39, 0.29) is 24.8 Å². The number of carbonyl (C=O) groups excluding carboxylic acids is 1. The zero-order valence-corrected chi connectivity index (χ0v) is 11.0. The van der Waals surface area contributed by atoms with Crippen molar-refractivity contribution in [1.29, 1.82) is 0 Å². The number of esters is 1. The summed E-state index contributed by atoms with van der Waals surface area (Å²) >= 11 is 0. The standard InChI is InChI=1S/C12H17NO4.ClH/c1-16-6-7-17-12(15)11(13)8-9-2-4-10(14)5-3-9;/h2-5,11,14H,6-8,13H2,1H3;1H/t11-;/m0./s1. The molecule has 0 aliphatic carbocycles. The largest absolute Gasteiger partial charge is 0.508 e. The van der Waals surface area contributed by atoms with Crippen LogP contribution in [0.15, 0.2) is 24.3 Å². The second-order valence-electron chi connectivity index (χ2n) is 3.64. The average Bonchev–Trinajstić information content (AvgIpc) is 2.32. The molecule has 1 aromatic carbocycles. The van der Waals surface area contributed by atoms with Gasteiger partial charge in [0.05, 0.1) is 6.61 Å². The lowest BCUT2D eigenvalue weighted by Gasteiger charge is -2.11. The van der Waals surface area contributed by atoms with Gasteiger partial charge in [-0.25, -0.2) is 0 Å². The molecule has 0 aromatic heterocycles. The van der Waals surface area contributed by atoms with Crippen LogP contribution in [-0.4, -0.2) is 37.4 Å². The number of carbonyl (C=O) groups is 1. The van der Waals surface area contributed by atoms with Crippen LogP contribution in [0, 0.1) is 0 Å². The summed E-state index contributed by atoms with van der Waals surface area (Å²) < 4.78 is 9.66. The highest BCUT2D eigenvalue weighted by molar-refractivity contribution is 5.85. The molecule has 0 unspecified atom stereocenters. The van der Waals surface area contributed by atoms with E-state index in [1.165, 1.54) is 7.11 Å². The Morgan fingerprint density at radius 2 is 1.94 bits per heavy atom. The second kappa shape index (κ2) is 8.74. The van der Waals surface area contributed by atoms with Crippen molar-refractivity contribution in [3.63, 3.8) is 0 Å². The number of ether oxygens (including phenoxy) is 2. The Morgan fingerprint density at radius 1 is 1.33 bits per heavy atom. The van der Waals surface area contributed by atoms with Crippen molar-refractivity contribution in [2.24, 2.45) is 5.73 Å². The Hall–Kier alpha value is -1.30. The van der Waals surface area contributed by atoms with E-state index in [1.807, 2.05) is 0 Å². The summed E-state index contributed by atoms with van der Waals surface area (Å²) in [5.41, 5.74) is 6.57. The maximum atomic E-state index is 11.4. The van der Waals surface area contributed by atoms with Crippen molar-refractivity contribution in [1.82, 2.24) is 0 Å². The molecule has 0 bridgehead atoms. The third-order valence-corrected chi connectivity index (χ3v) is 2.23. The molecule has 0 aliphatic rings. The minimum absolute atomic E-state index is 0. The third-order valence-electron chi connectivity index (χ3n) is 2.23. The van der Waals surface area contributed by atoms with E-state index in [4.69, 9.17) is 20.3 Å². The Balaban J connectivity index is 0.00000289. The van der Waals surface area contributed by atoms with Crippen LogP contribution in [0.1, 0.15) is 5.56 Å². The summed E-state index contributed by atoms with van der Waals surface area (Å²) in [7, 11) is 1.53. The van der Waals surface area contributed by atoms with Crippen LogP contribution >= 0.6 is 12.4 Å². The van der Waals surface area contributed by atoms with E-state index < -0.39 is 12.0 Å². The fourth-order valence-electron chi connectivity index (χ4n) is 1.30.